The predicted molar refractivity (Wildman–Crippen MR) is 276 cm³/mol. The van der Waals surface area contributed by atoms with Gasteiger partial charge in [0, 0.05) is 12.6 Å². The number of likely N-dealkylation sites (N-methyl/N-ethyl adjacent to an activating group) is 2. The molecule has 3 aromatic rings. The molecule has 0 bridgehead atoms. The lowest BCUT2D eigenvalue weighted by molar-refractivity contribution is -0.144. The van der Waals surface area contributed by atoms with Gasteiger partial charge in [-0.3, -0.25) is 28.8 Å². The maximum absolute atomic E-state index is 14.6. The number of carbonyl (C=O) groups excluding carboxylic acids is 6. The van der Waals surface area contributed by atoms with Crippen molar-refractivity contribution in [3.63, 3.8) is 0 Å². The predicted octanol–water partition coefficient (Wildman–Crippen LogP) is 4.94. The van der Waals surface area contributed by atoms with Gasteiger partial charge in [0.2, 0.25) is 35.4 Å². The van der Waals surface area contributed by atoms with Crippen molar-refractivity contribution in [2.75, 3.05) is 20.6 Å². The zero-order valence-electron chi connectivity index (χ0n) is 43.4. The van der Waals surface area contributed by atoms with Crippen LogP contribution in [-0.4, -0.2) is 123 Å². The molecule has 6 N–H and O–H groups in total. The normalized spacial score (nSPS) is 28.1. The number of likely N-dealkylation sites (tertiary alicyclic amines) is 1. The number of nitrogens with zero attached hydrogens (tertiary/aromatic N) is 5. The molecule has 1 aromatic heterocycles. The summed E-state index contributed by atoms with van der Waals surface area (Å²) < 4.78 is 1.96. The van der Waals surface area contributed by atoms with Crippen LogP contribution in [0, 0.1) is 17.8 Å². The fraction of sp³-hybridized carbons (Fsp3) is 0.643. The number of aromatic nitrogens is 3. The number of nitrogens with one attached hydrogen (secondary N) is 6. The van der Waals surface area contributed by atoms with E-state index in [2.05, 4.69) is 55.3 Å². The third-order valence-corrected chi connectivity index (χ3v) is 17.7. The molecular weight excluding hydrogens is 923 g/mol. The zero-order chi connectivity index (χ0) is 51.2. The summed E-state index contributed by atoms with van der Waals surface area (Å²) in [7, 11) is 3.45. The second-order valence-corrected chi connectivity index (χ2v) is 22.0. The third kappa shape index (κ3) is 11.5. The molecular formula is C56H79N11O6. The highest BCUT2D eigenvalue weighted by molar-refractivity contribution is 5.95. The van der Waals surface area contributed by atoms with Gasteiger partial charge in [-0.25, -0.2) is 4.68 Å². The fourth-order valence-corrected chi connectivity index (χ4v) is 13.2. The van der Waals surface area contributed by atoms with Crippen LogP contribution in [-0.2, 0) is 35.2 Å². The van der Waals surface area contributed by atoms with Gasteiger partial charge in [-0.05, 0) is 146 Å². The smallest absolute Gasteiger partial charge is 0.246 e. The van der Waals surface area contributed by atoms with Gasteiger partial charge in [0.25, 0.3) is 0 Å². The molecule has 0 radical (unpaired) electrons. The Hall–Kier alpha value is -5.68. The summed E-state index contributed by atoms with van der Waals surface area (Å²) in [6, 6.07) is 14.0. The molecule has 9 rings (SSSR count). The molecule has 3 saturated heterocycles. The molecule has 0 spiro atoms. The van der Waals surface area contributed by atoms with E-state index in [4.69, 9.17) is 5.10 Å². The summed E-state index contributed by atoms with van der Waals surface area (Å²) in [6.07, 6.45) is 17.1. The summed E-state index contributed by atoms with van der Waals surface area (Å²) >= 11 is 0. The van der Waals surface area contributed by atoms with Gasteiger partial charge < -0.3 is 41.7 Å². The van der Waals surface area contributed by atoms with Crippen molar-refractivity contribution in [3.05, 3.63) is 83.2 Å². The molecule has 2 aromatic carbocycles. The lowest BCUT2D eigenvalue weighted by atomic mass is 9.75. The molecule has 3 aliphatic heterocycles. The summed E-state index contributed by atoms with van der Waals surface area (Å²) in [6.45, 7) is 4.05. The van der Waals surface area contributed by atoms with E-state index in [1.165, 1.54) is 5.56 Å². The summed E-state index contributed by atoms with van der Waals surface area (Å²) in [5.74, 6) is -0.549. The minimum absolute atomic E-state index is 0.0479. The Balaban J connectivity index is 0.862. The van der Waals surface area contributed by atoms with E-state index in [0.29, 0.717) is 37.4 Å². The lowest BCUT2D eigenvalue weighted by Crippen LogP contribution is -2.58. The van der Waals surface area contributed by atoms with Crippen molar-refractivity contribution in [2.45, 2.75) is 190 Å². The average molecular weight is 1000 g/mol. The van der Waals surface area contributed by atoms with Crippen LogP contribution in [0.4, 0.5) is 0 Å². The Labute approximate surface area is 430 Å². The standard InChI is InChI=1S/C56H79N11O6/c1-34(57-3)51(68)59-44-23-14-12-21-41-29-30-47(67(41)55(44)72)54(71)60-48(37-16-7-5-8-17-37)45-33-66(64-63-45)40-27-25-36(26-28-40)43-32-39-20-11-13-22-42(39)50(43)62-53(70)46-24-15-31-65(46)56(73)49(38-18-9-6-10-19-38)61-52(69)35(2)58-4/h5,7-8,11,13,16-17,20,22,33-36,38,40-41,43-44,46-50,57-58H,6,9-10,12,14-15,18-19,21,23-32H2,1-4H3,(H,59,68)(H,60,71)(H,61,69)(H,62,70)/t34-,35-,36?,40?,41-,43-,44-,46-,47-,48?,49-,50-/m0/s1. The molecule has 3 aliphatic carbocycles. The minimum Gasteiger partial charge on any atom is -0.347 e. The molecule has 6 aliphatic rings. The maximum Gasteiger partial charge on any atom is 0.246 e. The van der Waals surface area contributed by atoms with Crippen LogP contribution >= 0.6 is 0 Å². The van der Waals surface area contributed by atoms with Gasteiger partial charge in [0.1, 0.15) is 29.9 Å². The van der Waals surface area contributed by atoms with Crippen LogP contribution < -0.4 is 31.9 Å². The minimum atomic E-state index is -0.688. The Kier molecular flexibility index (Phi) is 16.9. The Morgan fingerprint density at radius 1 is 0.658 bits per heavy atom. The highest BCUT2D eigenvalue weighted by atomic mass is 16.2. The lowest BCUT2D eigenvalue weighted by Gasteiger charge is -2.37. The first-order valence-electron chi connectivity index (χ1n) is 27.7. The van der Waals surface area contributed by atoms with Crippen LogP contribution in [0.3, 0.4) is 0 Å². The second-order valence-electron chi connectivity index (χ2n) is 22.0. The zero-order valence-corrected chi connectivity index (χ0v) is 43.4. The largest absolute Gasteiger partial charge is 0.347 e. The van der Waals surface area contributed by atoms with E-state index in [-0.39, 0.29) is 65.4 Å². The van der Waals surface area contributed by atoms with E-state index in [9.17, 15) is 28.8 Å². The Morgan fingerprint density at radius 3 is 2.10 bits per heavy atom. The van der Waals surface area contributed by atoms with E-state index < -0.39 is 42.3 Å². The Bertz CT molecular complexity index is 2420. The molecule has 17 heteroatoms. The molecule has 10 atom stereocenters. The highest BCUT2D eigenvalue weighted by Crippen LogP contribution is 2.47. The molecule has 394 valence electrons. The average Bonchev–Trinajstić information content (AvgIpc) is 4.26. The first kappa shape index (κ1) is 52.2. The maximum atomic E-state index is 14.6. The van der Waals surface area contributed by atoms with E-state index in [1.807, 2.05) is 47.3 Å². The van der Waals surface area contributed by atoms with Gasteiger partial charge in [-0.15, -0.1) is 5.10 Å². The number of hydrogen-bond donors (Lipinski definition) is 6. The van der Waals surface area contributed by atoms with Crippen LogP contribution in [0.2, 0.25) is 0 Å². The monoisotopic (exact) mass is 1000 g/mol. The molecule has 4 heterocycles. The molecule has 5 fully saturated rings. The summed E-state index contributed by atoms with van der Waals surface area (Å²) in [4.78, 5) is 87.4. The third-order valence-electron chi connectivity index (χ3n) is 17.7. The van der Waals surface area contributed by atoms with Crippen molar-refractivity contribution in [2.24, 2.45) is 17.8 Å². The Morgan fingerprint density at radius 2 is 1.34 bits per heavy atom. The van der Waals surface area contributed by atoms with Gasteiger partial charge in [0.15, 0.2) is 0 Å². The molecule has 17 nitrogen and oxygen atoms in total. The van der Waals surface area contributed by atoms with Crippen LogP contribution in [0.5, 0.6) is 0 Å². The number of fused-ring (bicyclic) bond motifs is 2. The second kappa shape index (κ2) is 23.7. The number of carbonyl (C=O) groups is 6. The SMILES string of the molecule is CN[C@@H](C)C(=O)N[C@H]1CCCC[C@H]2CC[C@@H](C(=O)NC(c3ccccc3)c3cn(C4CCC([C@@H]5Cc6ccccc6[C@@H]5NC(=O)[C@@H]5CCCN5C(=O)[C@@H](NC(=O)[C@H](C)NC)C5CCCCC5)CC4)nn3)N2C1=O. The van der Waals surface area contributed by atoms with Gasteiger partial charge in [-0.2, -0.15) is 0 Å². The molecule has 1 unspecified atom stereocenters. The van der Waals surface area contributed by atoms with Crippen LogP contribution in [0.25, 0.3) is 0 Å². The van der Waals surface area contributed by atoms with Crippen molar-refractivity contribution >= 4 is 35.4 Å². The highest BCUT2D eigenvalue weighted by Gasteiger charge is 2.47. The first-order chi connectivity index (χ1) is 35.4. The first-order valence-corrected chi connectivity index (χ1v) is 27.7. The topological polar surface area (TPSA) is 212 Å². The summed E-state index contributed by atoms with van der Waals surface area (Å²) in [5, 5.41) is 28.2. The quantitative estimate of drug-likeness (QED) is 0.114. The van der Waals surface area contributed by atoms with Gasteiger partial charge >= 0.3 is 0 Å². The number of hydrogen-bond acceptors (Lipinski definition) is 10. The number of amides is 6. The van der Waals surface area contributed by atoms with Crippen molar-refractivity contribution in [1.29, 1.82) is 0 Å². The number of rotatable bonds is 16. The van der Waals surface area contributed by atoms with E-state index in [1.54, 1.807) is 37.7 Å². The van der Waals surface area contributed by atoms with Gasteiger partial charge in [0.05, 0.1) is 36.4 Å². The van der Waals surface area contributed by atoms with Gasteiger partial charge in [-0.1, -0.05) is 91.9 Å². The van der Waals surface area contributed by atoms with E-state index in [0.717, 1.165) is 107 Å². The van der Waals surface area contributed by atoms with Crippen LogP contribution in [0.15, 0.2) is 60.8 Å². The van der Waals surface area contributed by atoms with E-state index >= 15 is 0 Å². The van der Waals surface area contributed by atoms with Crippen molar-refractivity contribution < 1.29 is 28.8 Å². The number of benzene rings is 2. The molecule has 73 heavy (non-hydrogen) atoms. The fourth-order valence-electron chi connectivity index (χ4n) is 13.2. The molecule has 6 amide bonds. The van der Waals surface area contributed by atoms with Crippen molar-refractivity contribution in [3.8, 4) is 0 Å². The summed E-state index contributed by atoms with van der Waals surface area (Å²) in [5.41, 5.74) is 3.88. The van der Waals surface area contributed by atoms with Crippen LogP contribution in [0.1, 0.15) is 164 Å². The van der Waals surface area contributed by atoms with Crippen molar-refractivity contribution in [1.82, 2.24) is 56.7 Å². The molecule has 2 saturated carbocycles.